The van der Waals surface area contributed by atoms with Crippen molar-refractivity contribution in [2.24, 2.45) is 0 Å². The summed E-state index contributed by atoms with van der Waals surface area (Å²) >= 11 is 2.11. The lowest BCUT2D eigenvalue weighted by Crippen LogP contribution is -2.20. The van der Waals surface area contributed by atoms with E-state index in [0.717, 1.165) is 11.9 Å². The standard InChI is InChI=1S/C12H25NOS/c1-10(13-3)6-4-5-9-15-12-7-8-14-11(12)2/h10-13H,4-9H2,1-3H3. The van der Waals surface area contributed by atoms with Gasteiger partial charge in [-0.2, -0.15) is 11.8 Å². The molecule has 2 nitrogen and oxygen atoms in total. The Kier molecular flexibility index (Phi) is 6.69. The summed E-state index contributed by atoms with van der Waals surface area (Å²) in [6, 6.07) is 0.670. The first-order chi connectivity index (χ1) is 7.24. The van der Waals surface area contributed by atoms with Gasteiger partial charge in [0.25, 0.3) is 0 Å². The number of hydrogen-bond donors (Lipinski definition) is 1. The molecule has 0 bridgehead atoms. The van der Waals surface area contributed by atoms with Crippen LogP contribution in [0, 0.1) is 0 Å². The number of nitrogens with one attached hydrogen (secondary N) is 1. The molecule has 0 aromatic carbocycles. The van der Waals surface area contributed by atoms with Crippen LogP contribution in [0.25, 0.3) is 0 Å². The highest BCUT2D eigenvalue weighted by Crippen LogP contribution is 2.26. The highest BCUT2D eigenvalue weighted by molar-refractivity contribution is 7.99. The van der Waals surface area contributed by atoms with Crippen LogP contribution in [-0.4, -0.2) is 36.8 Å². The molecule has 0 amide bonds. The smallest absolute Gasteiger partial charge is 0.0666 e. The molecule has 0 saturated carbocycles. The van der Waals surface area contributed by atoms with Crippen LogP contribution in [0.3, 0.4) is 0 Å². The Labute approximate surface area is 98.5 Å². The van der Waals surface area contributed by atoms with E-state index in [9.17, 15) is 0 Å². The minimum Gasteiger partial charge on any atom is -0.377 e. The minimum atomic E-state index is 0.478. The van der Waals surface area contributed by atoms with E-state index in [2.05, 4.69) is 30.9 Å². The van der Waals surface area contributed by atoms with Crippen LogP contribution in [0.15, 0.2) is 0 Å². The summed E-state index contributed by atoms with van der Waals surface area (Å²) in [5.74, 6) is 1.30. The molecule has 1 rings (SSSR count). The van der Waals surface area contributed by atoms with Gasteiger partial charge in [0.05, 0.1) is 6.10 Å². The molecule has 1 N–H and O–H groups in total. The van der Waals surface area contributed by atoms with Gasteiger partial charge in [-0.05, 0) is 45.9 Å². The van der Waals surface area contributed by atoms with Crippen molar-refractivity contribution in [1.82, 2.24) is 5.32 Å². The van der Waals surface area contributed by atoms with Crippen molar-refractivity contribution in [3.05, 3.63) is 0 Å². The summed E-state index contributed by atoms with van der Waals surface area (Å²) in [7, 11) is 2.04. The quantitative estimate of drug-likeness (QED) is 0.681. The highest BCUT2D eigenvalue weighted by Gasteiger charge is 2.23. The van der Waals surface area contributed by atoms with Gasteiger partial charge in [0, 0.05) is 17.9 Å². The zero-order valence-corrected chi connectivity index (χ0v) is 11.1. The molecule has 3 atom stereocenters. The predicted octanol–water partition coefficient (Wildman–Crippen LogP) is 2.68. The summed E-state index contributed by atoms with van der Waals surface area (Å²) < 4.78 is 5.55. The number of ether oxygens (including phenoxy) is 1. The molecule has 0 aromatic rings. The molecular formula is C12H25NOS. The summed E-state index contributed by atoms with van der Waals surface area (Å²) in [4.78, 5) is 0. The molecule has 1 fully saturated rings. The van der Waals surface area contributed by atoms with Crippen molar-refractivity contribution in [1.29, 1.82) is 0 Å². The van der Waals surface area contributed by atoms with Crippen LogP contribution in [0.5, 0.6) is 0 Å². The molecule has 1 aliphatic heterocycles. The monoisotopic (exact) mass is 231 g/mol. The fourth-order valence-corrected chi connectivity index (χ4v) is 3.15. The second kappa shape index (κ2) is 7.53. The van der Waals surface area contributed by atoms with Crippen LogP contribution in [0.4, 0.5) is 0 Å². The third kappa shape index (κ3) is 5.23. The molecule has 0 spiro atoms. The van der Waals surface area contributed by atoms with Crippen LogP contribution in [-0.2, 0) is 4.74 Å². The largest absolute Gasteiger partial charge is 0.377 e. The van der Waals surface area contributed by atoms with Gasteiger partial charge in [0.2, 0.25) is 0 Å². The fourth-order valence-electron chi connectivity index (χ4n) is 1.86. The van der Waals surface area contributed by atoms with Crippen molar-refractivity contribution < 1.29 is 4.74 Å². The predicted molar refractivity (Wildman–Crippen MR) is 68.6 cm³/mol. The van der Waals surface area contributed by atoms with E-state index in [1.807, 2.05) is 7.05 Å². The van der Waals surface area contributed by atoms with Crippen molar-refractivity contribution in [3.63, 3.8) is 0 Å². The second-order valence-corrected chi connectivity index (χ2v) is 5.81. The number of unbranched alkanes of at least 4 members (excludes halogenated alkanes) is 1. The molecule has 3 heteroatoms. The lowest BCUT2D eigenvalue weighted by atomic mass is 10.1. The highest BCUT2D eigenvalue weighted by atomic mass is 32.2. The molecule has 0 aromatic heterocycles. The van der Waals surface area contributed by atoms with Gasteiger partial charge in [-0.15, -0.1) is 0 Å². The van der Waals surface area contributed by atoms with E-state index in [0.29, 0.717) is 12.1 Å². The first-order valence-electron chi connectivity index (χ1n) is 6.14. The Morgan fingerprint density at radius 3 is 2.87 bits per heavy atom. The molecule has 15 heavy (non-hydrogen) atoms. The third-order valence-electron chi connectivity index (χ3n) is 3.16. The van der Waals surface area contributed by atoms with E-state index in [1.54, 1.807) is 0 Å². The maximum absolute atomic E-state index is 5.55. The molecule has 90 valence electrons. The fraction of sp³-hybridized carbons (Fsp3) is 1.00. The zero-order valence-electron chi connectivity index (χ0n) is 10.3. The topological polar surface area (TPSA) is 21.3 Å². The number of hydrogen-bond acceptors (Lipinski definition) is 3. The Bertz CT molecular complexity index is 166. The zero-order chi connectivity index (χ0) is 11.1. The number of thioether (sulfide) groups is 1. The summed E-state index contributed by atoms with van der Waals surface area (Å²) in [6.45, 7) is 5.42. The van der Waals surface area contributed by atoms with Crippen LogP contribution in [0.1, 0.15) is 39.5 Å². The van der Waals surface area contributed by atoms with Crippen LogP contribution < -0.4 is 5.32 Å². The Hall–Kier alpha value is 0.270. The van der Waals surface area contributed by atoms with Gasteiger partial charge in [-0.1, -0.05) is 6.42 Å². The molecule has 1 heterocycles. The summed E-state index contributed by atoms with van der Waals surface area (Å²) in [6.07, 6.45) is 5.72. The normalized spacial score (nSPS) is 28.2. The maximum Gasteiger partial charge on any atom is 0.0666 e. The SMILES string of the molecule is CNC(C)CCCCSC1CCOC1C. The Balaban J connectivity index is 1.92. The van der Waals surface area contributed by atoms with E-state index in [4.69, 9.17) is 4.74 Å². The van der Waals surface area contributed by atoms with Gasteiger partial charge in [-0.25, -0.2) is 0 Å². The summed E-state index contributed by atoms with van der Waals surface area (Å²) in [5.41, 5.74) is 0. The van der Waals surface area contributed by atoms with Crippen molar-refractivity contribution >= 4 is 11.8 Å². The van der Waals surface area contributed by atoms with Gasteiger partial charge in [0.15, 0.2) is 0 Å². The van der Waals surface area contributed by atoms with Crippen LogP contribution >= 0.6 is 11.8 Å². The average Bonchev–Trinajstić information content (AvgIpc) is 2.63. The lowest BCUT2D eigenvalue weighted by molar-refractivity contribution is 0.127. The first kappa shape index (κ1) is 13.3. The van der Waals surface area contributed by atoms with Gasteiger partial charge >= 0.3 is 0 Å². The Morgan fingerprint density at radius 1 is 1.47 bits per heavy atom. The third-order valence-corrected chi connectivity index (χ3v) is 4.73. The molecule has 1 saturated heterocycles. The van der Waals surface area contributed by atoms with Crippen molar-refractivity contribution in [2.45, 2.75) is 56.9 Å². The maximum atomic E-state index is 5.55. The van der Waals surface area contributed by atoms with Gasteiger partial charge in [0.1, 0.15) is 0 Å². The van der Waals surface area contributed by atoms with Crippen LogP contribution in [0.2, 0.25) is 0 Å². The lowest BCUT2D eigenvalue weighted by Gasteiger charge is -2.14. The molecule has 1 aliphatic rings. The summed E-state index contributed by atoms with van der Waals surface area (Å²) in [5, 5.41) is 4.03. The van der Waals surface area contributed by atoms with Crippen molar-refractivity contribution in [3.8, 4) is 0 Å². The Morgan fingerprint density at radius 2 is 2.27 bits per heavy atom. The van der Waals surface area contributed by atoms with Crippen molar-refractivity contribution in [2.75, 3.05) is 19.4 Å². The average molecular weight is 231 g/mol. The molecular weight excluding hydrogens is 206 g/mol. The molecule has 3 unspecified atom stereocenters. The van der Waals surface area contributed by atoms with Gasteiger partial charge in [-0.3, -0.25) is 0 Å². The van der Waals surface area contributed by atoms with E-state index in [1.165, 1.54) is 31.4 Å². The number of rotatable bonds is 7. The molecule has 0 radical (unpaired) electrons. The molecule has 0 aliphatic carbocycles. The second-order valence-electron chi connectivity index (χ2n) is 4.46. The van der Waals surface area contributed by atoms with E-state index in [-0.39, 0.29) is 0 Å². The van der Waals surface area contributed by atoms with Gasteiger partial charge < -0.3 is 10.1 Å². The first-order valence-corrected chi connectivity index (χ1v) is 7.19. The van der Waals surface area contributed by atoms with E-state index >= 15 is 0 Å². The van der Waals surface area contributed by atoms with E-state index < -0.39 is 0 Å². The minimum absolute atomic E-state index is 0.478.